The van der Waals surface area contributed by atoms with Crippen LogP contribution in [-0.4, -0.2) is 24.6 Å². The maximum absolute atomic E-state index is 11.9. The summed E-state index contributed by atoms with van der Waals surface area (Å²) >= 11 is 0. The second-order valence-electron chi connectivity index (χ2n) is 3.35. The Bertz CT molecular complexity index is 308. The number of hydrogen-bond acceptors (Lipinski definition) is 3. The fourth-order valence-corrected chi connectivity index (χ4v) is 1.18. The lowest BCUT2D eigenvalue weighted by molar-refractivity contribution is 0.0795. The third-order valence-electron chi connectivity index (χ3n) is 1.87. The average Bonchev–Trinajstić information content (AvgIpc) is 2.27. The van der Waals surface area contributed by atoms with E-state index in [1.54, 1.807) is 12.1 Å². The first-order valence-electron chi connectivity index (χ1n) is 5.30. The summed E-state index contributed by atoms with van der Waals surface area (Å²) in [6.07, 6.45) is -1.43. The third-order valence-corrected chi connectivity index (χ3v) is 1.87. The highest BCUT2D eigenvalue weighted by molar-refractivity contribution is 5.15. The van der Waals surface area contributed by atoms with Crippen LogP contribution in [0.2, 0.25) is 0 Å². The summed E-state index contributed by atoms with van der Waals surface area (Å²) in [6, 6.07) is 5.15. The Labute approximate surface area is 93.8 Å². The standard InChI is InChI=1S/C11H16F2N2O/c1-2-6-14-7-9-4-3-5-11(15-9)16-8-10(12)13/h3-5,10,14H,2,6-8H2,1H3. The maximum atomic E-state index is 11.9. The largest absolute Gasteiger partial charge is 0.472 e. The molecule has 1 aromatic heterocycles. The van der Waals surface area contributed by atoms with Crippen LogP contribution >= 0.6 is 0 Å². The molecule has 5 heteroatoms. The first kappa shape index (κ1) is 12.8. The van der Waals surface area contributed by atoms with E-state index in [-0.39, 0.29) is 5.88 Å². The molecule has 90 valence electrons. The Morgan fingerprint density at radius 3 is 2.94 bits per heavy atom. The normalized spacial score (nSPS) is 10.8. The monoisotopic (exact) mass is 230 g/mol. The minimum atomic E-state index is -2.47. The highest BCUT2D eigenvalue weighted by atomic mass is 19.3. The molecular weight excluding hydrogens is 214 g/mol. The van der Waals surface area contributed by atoms with Crippen LogP contribution in [0.4, 0.5) is 8.78 Å². The molecule has 1 heterocycles. The number of pyridine rings is 1. The van der Waals surface area contributed by atoms with Gasteiger partial charge in [-0.15, -0.1) is 0 Å². The molecular formula is C11H16F2N2O. The lowest BCUT2D eigenvalue weighted by Crippen LogP contribution is -2.15. The van der Waals surface area contributed by atoms with Gasteiger partial charge in [0.2, 0.25) is 5.88 Å². The molecule has 0 saturated heterocycles. The van der Waals surface area contributed by atoms with Crippen molar-refractivity contribution in [3.05, 3.63) is 23.9 Å². The Balaban J connectivity index is 2.43. The van der Waals surface area contributed by atoms with E-state index in [1.807, 2.05) is 6.07 Å². The van der Waals surface area contributed by atoms with E-state index in [1.165, 1.54) is 0 Å². The molecule has 16 heavy (non-hydrogen) atoms. The van der Waals surface area contributed by atoms with E-state index in [9.17, 15) is 8.78 Å². The molecule has 0 aromatic carbocycles. The van der Waals surface area contributed by atoms with Gasteiger partial charge in [-0.05, 0) is 19.0 Å². The highest BCUT2D eigenvalue weighted by Crippen LogP contribution is 2.08. The van der Waals surface area contributed by atoms with Gasteiger partial charge in [0.15, 0.2) is 6.61 Å². The zero-order valence-electron chi connectivity index (χ0n) is 9.25. The predicted octanol–water partition coefficient (Wildman–Crippen LogP) is 2.23. The molecule has 1 rings (SSSR count). The minimum Gasteiger partial charge on any atom is -0.472 e. The molecule has 0 aliphatic carbocycles. The molecule has 0 bridgehead atoms. The summed E-state index contributed by atoms with van der Waals surface area (Å²) in [4.78, 5) is 4.10. The lowest BCUT2D eigenvalue weighted by atomic mass is 10.3. The first-order valence-corrected chi connectivity index (χ1v) is 5.30. The van der Waals surface area contributed by atoms with Crippen molar-refractivity contribution in [2.75, 3.05) is 13.2 Å². The molecule has 0 radical (unpaired) electrons. The molecule has 0 unspecified atom stereocenters. The van der Waals surface area contributed by atoms with E-state index < -0.39 is 13.0 Å². The predicted molar refractivity (Wildman–Crippen MR) is 57.7 cm³/mol. The molecule has 0 aliphatic heterocycles. The van der Waals surface area contributed by atoms with Gasteiger partial charge in [-0.2, -0.15) is 0 Å². The molecule has 1 aromatic rings. The number of ether oxygens (including phenoxy) is 1. The number of nitrogens with zero attached hydrogens (tertiary/aromatic N) is 1. The van der Waals surface area contributed by atoms with Crippen molar-refractivity contribution in [1.82, 2.24) is 10.3 Å². The number of rotatable bonds is 7. The van der Waals surface area contributed by atoms with Crippen LogP contribution in [0.5, 0.6) is 5.88 Å². The quantitative estimate of drug-likeness (QED) is 0.729. The first-order chi connectivity index (χ1) is 7.72. The van der Waals surface area contributed by atoms with Crippen molar-refractivity contribution in [1.29, 1.82) is 0 Å². The number of nitrogens with one attached hydrogen (secondary N) is 1. The van der Waals surface area contributed by atoms with E-state index in [2.05, 4.69) is 17.2 Å². The van der Waals surface area contributed by atoms with Gasteiger partial charge >= 0.3 is 0 Å². The van der Waals surface area contributed by atoms with Gasteiger partial charge in [0.1, 0.15) is 0 Å². The fraction of sp³-hybridized carbons (Fsp3) is 0.545. The van der Waals surface area contributed by atoms with Gasteiger partial charge < -0.3 is 10.1 Å². The van der Waals surface area contributed by atoms with Crippen LogP contribution in [0.15, 0.2) is 18.2 Å². The highest BCUT2D eigenvalue weighted by Gasteiger charge is 2.04. The lowest BCUT2D eigenvalue weighted by Gasteiger charge is -2.06. The van der Waals surface area contributed by atoms with Crippen LogP contribution in [0.25, 0.3) is 0 Å². The number of halogens is 2. The topological polar surface area (TPSA) is 34.1 Å². The van der Waals surface area contributed by atoms with Gasteiger partial charge in [0, 0.05) is 12.6 Å². The van der Waals surface area contributed by atoms with Crippen molar-refractivity contribution in [2.24, 2.45) is 0 Å². The summed E-state index contributed by atoms with van der Waals surface area (Å²) in [7, 11) is 0. The maximum Gasteiger partial charge on any atom is 0.272 e. The summed E-state index contributed by atoms with van der Waals surface area (Å²) in [5.74, 6) is 0.246. The van der Waals surface area contributed by atoms with Crippen LogP contribution in [0.3, 0.4) is 0 Å². The second kappa shape index (κ2) is 7.11. The Hall–Kier alpha value is -1.23. The molecule has 3 nitrogen and oxygen atoms in total. The van der Waals surface area contributed by atoms with Gasteiger partial charge in [0.05, 0.1) is 5.69 Å². The third kappa shape index (κ3) is 5.02. The van der Waals surface area contributed by atoms with Crippen LogP contribution in [0, 0.1) is 0 Å². The zero-order valence-corrected chi connectivity index (χ0v) is 9.25. The zero-order chi connectivity index (χ0) is 11.8. The second-order valence-corrected chi connectivity index (χ2v) is 3.35. The van der Waals surface area contributed by atoms with Crippen molar-refractivity contribution in [3.8, 4) is 5.88 Å². The van der Waals surface area contributed by atoms with E-state index in [4.69, 9.17) is 4.74 Å². The van der Waals surface area contributed by atoms with Gasteiger partial charge in [0.25, 0.3) is 6.43 Å². The molecule has 0 spiro atoms. The number of alkyl halides is 2. The summed E-state index contributed by atoms with van der Waals surface area (Å²) in [5.41, 5.74) is 0.792. The van der Waals surface area contributed by atoms with Crippen molar-refractivity contribution >= 4 is 0 Å². The van der Waals surface area contributed by atoms with Crippen molar-refractivity contribution in [3.63, 3.8) is 0 Å². The number of hydrogen-bond donors (Lipinski definition) is 1. The fourth-order valence-electron chi connectivity index (χ4n) is 1.18. The molecule has 0 aliphatic rings. The SMILES string of the molecule is CCCNCc1cccc(OCC(F)F)n1. The van der Waals surface area contributed by atoms with Crippen molar-refractivity contribution < 1.29 is 13.5 Å². The van der Waals surface area contributed by atoms with Crippen LogP contribution < -0.4 is 10.1 Å². The van der Waals surface area contributed by atoms with Gasteiger partial charge in [-0.3, -0.25) is 0 Å². The minimum absolute atomic E-state index is 0.246. The van der Waals surface area contributed by atoms with Crippen LogP contribution in [0.1, 0.15) is 19.0 Å². The molecule has 0 saturated carbocycles. The van der Waals surface area contributed by atoms with Crippen LogP contribution in [-0.2, 0) is 6.54 Å². The summed E-state index contributed by atoms with van der Waals surface area (Å²) in [5, 5.41) is 3.18. The molecule has 0 amide bonds. The molecule has 0 fully saturated rings. The Kier molecular flexibility index (Phi) is 5.71. The van der Waals surface area contributed by atoms with Crippen molar-refractivity contribution in [2.45, 2.75) is 26.3 Å². The molecule has 0 atom stereocenters. The van der Waals surface area contributed by atoms with E-state index in [0.29, 0.717) is 6.54 Å². The Morgan fingerprint density at radius 1 is 1.44 bits per heavy atom. The van der Waals surface area contributed by atoms with Gasteiger partial charge in [-0.25, -0.2) is 13.8 Å². The molecule has 1 N–H and O–H groups in total. The number of aromatic nitrogens is 1. The summed E-state index contributed by atoms with van der Waals surface area (Å²) in [6.45, 7) is 2.99. The average molecular weight is 230 g/mol. The summed E-state index contributed by atoms with van der Waals surface area (Å²) < 4.78 is 28.6. The smallest absolute Gasteiger partial charge is 0.272 e. The van der Waals surface area contributed by atoms with Gasteiger partial charge in [-0.1, -0.05) is 13.0 Å². The Morgan fingerprint density at radius 2 is 2.25 bits per heavy atom. The van der Waals surface area contributed by atoms with E-state index >= 15 is 0 Å². The van der Waals surface area contributed by atoms with E-state index in [0.717, 1.165) is 18.7 Å².